The second-order valence-corrected chi connectivity index (χ2v) is 9.85. The highest BCUT2D eigenvalue weighted by Gasteiger charge is 2.38. The van der Waals surface area contributed by atoms with Gasteiger partial charge in [0.05, 0.1) is 16.7 Å². The minimum absolute atomic E-state index is 0.0530. The summed E-state index contributed by atoms with van der Waals surface area (Å²) in [6.07, 6.45) is 0. The summed E-state index contributed by atoms with van der Waals surface area (Å²) in [5, 5.41) is 2.98. The smallest absolute Gasteiger partial charge is 0.256 e. The molecule has 2 amide bonds. The average Bonchev–Trinajstić information content (AvgIpc) is 2.78. The predicted octanol–water partition coefficient (Wildman–Crippen LogP) is 5.46. The van der Waals surface area contributed by atoms with E-state index < -0.39 is 5.41 Å². The van der Waals surface area contributed by atoms with Gasteiger partial charge < -0.3 is 15.0 Å². The van der Waals surface area contributed by atoms with Crippen LogP contribution in [-0.4, -0.2) is 30.7 Å². The Morgan fingerprint density at radius 3 is 2.67 bits per heavy atom. The molecule has 5 nitrogen and oxygen atoms in total. The Morgan fingerprint density at radius 1 is 1.23 bits per heavy atom. The van der Waals surface area contributed by atoms with E-state index in [1.165, 1.54) is 0 Å². The fraction of sp³-hybridized carbons (Fsp3) is 0.417. The van der Waals surface area contributed by atoms with Crippen molar-refractivity contribution in [3.8, 4) is 5.75 Å². The molecule has 0 atom stereocenters. The first-order valence-electron chi connectivity index (χ1n) is 10.3. The number of hydrogen-bond donors (Lipinski definition) is 1. The minimum Gasteiger partial charge on any atom is -0.490 e. The highest BCUT2D eigenvalue weighted by Crippen LogP contribution is 2.38. The van der Waals surface area contributed by atoms with Gasteiger partial charge in [-0.3, -0.25) is 9.59 Å². The van der Waals surface area contributed by atoms with Crippen molar-refractivity contribution in [1.29, 1.82) is 0 Å². The van der Waals surface area contributed by atoms with Gasteiger partial charge >= 0.3 is 0 Å². The lowest BCUT2D eigenvalue weighted by molar-refractivity contribution is -0.127. The number of thioether (sulfide) groups is 1. The zero-order valence-electron chi connectivity index (χ0n) is 18.3. The third kappa shape index (κ3) is 4.81. The van der Waals surface area contributed by atoms with Crippen LogP contribution in [0.2, 0.25) is 0 Å². The van der Waals surface area contributed by atoms with Gasteiger partial charge in [0, 0.05) is 23.2 Å². The number of anilines is 2. The minimum atomic E-state index is -0.617. The summed E-state index contributed by atoms with van der Waals surface area (Å²) < 4.78 is 6.02. The molecule has 0 spiro atoms. The molecule has 1 heterocycles. The molecule has 2 aromatic rings. The van der Waals surface area contributed by atoms with Crippen LogP contribution in [0.3, 0.4) is 0 Å². The fourth-order valence-corrected chi connectivity index (χ4v) is 4.21. The van der Waals surface area contributed by atoms with Crippen molar-refractivity contribution in [3.05, 3.63) is 48.0 Å². The van der Waals surface area contributed by atoms with Crippen molar-refractivity contribution in [2.24, 2.45) is 11.3 Å². The molecule has 1 aliphatic rings. The standard InChI is InChI=1S/C24H30N2O3S/c1-6-30-21-10-8-7-9-18(21)22(27)25-17-11-12-19-20(13-17)29-15-24(4,5)23(28)26(19)14-16(2)3/h7-13,16H,6,14-15H2,1-5H3,(H,25,27). The Bertz CT molecular complexity index is 940. The molecule has 0 saturated carbocycles. The average molecular weight is 427 g/mol. The first-order valence-corrected chi connectivity index (χ1v) is 11.3. The number of fused-ring (bicyclic) bond motifs is 1. The number of ether oxygens (including phenoxy) is 1. The van der Waals surface area contributed by atoms with Gasteiger partial charge in [0.2, 0.25) is 5.91 Å². The van der Waals surface area contributed by atoms with E-state index >= 15 is 0 Å². The van der Waals surface area contributed by atoms with E-state index in [4.69, 9.17) is 4.74 Å². The van der Waals surface area contributed by atoms with Gasteiger partial charge in [-0.1, -0.05) is 32.9 Å². The predicted molar refractivity (Wildman–Crippen MR) is 124 cm³/mol. The fourth-order valence-electron chi connectivity index (χ4n) is 3.41. The molecule has 3 rings (SSSR count). The zero-order chi connectivity index (χ0) is 21.9. The number of carbonyl (C=O) groups is 2. The van der Waals surface area contributed by atoms with Crippen LogP contribution in [0.15, 0.2) is 47.4 Å². The largest absolute Gasteiger partial charge is 0.490 e. The Labute approximate surface area is 183 Å². The van der Waals surface area contributed by atoms with Crippen LogP contribution in [0.25, 0.3) is 0 Å². The van der Waals surface area contributed by atoms with Crippen LogP contribution >= 0.6 is 11.8 Å². The van der Waals surface area contributed by atoms with Crippen LogP contribution in [-0.2, 0) is 4.79 Å². The van der Waals surface area contributed by atoms with Crippen molar-refractivity contribution in [2.75, 3.05) is 29.1 Å². The van der Waals surface area contributed by atoms with Gasteiger partial charge in [0.15, 0.2) is 0 Å². The van der Waals surface area contributed by atoms with Crippen LogP contribution in [0.1, 0.15) is 45.0 Å². The molecule has 1 N–H and O–H groups in total. The number of nitrogens with zero attached hydrogens (tertiary/aromatic N) is 1. The van der Waals surface area contributed by atoms with Crippen LogP contribution in [0, 0.1) is 11.3 Å². The highest BCUT2D eigenvalue weighted by molar-refractivity contribution is 7.99. The second kappa shape index (κ2) is 9.13. The van der Waals surface area contributed by atoms with E-state index in [1.54, 1.807) is 11.8 Å². The van der Waals surface area contributed by atoms with E-state index in [2.05, 4.69) is 26.1 Å². The second-order valence-electron chi connectivity index (χ2n) is 8.55. The van der Waals surface area contributed by atoms with Crippen molar-refractivity contribution >= 4 is 35.0 Å². The van der Waals surface area contributed by atoms with Crippen LogP contribution in [0.4, 0.5) is 11.4 Å². The molecule has 0 saturated heterocycles. The Hall–Kier alpha value is -2.47. The van der Waals surface area contributed by atoms with Crippen LogP contribution in [0.5, 0.6) is 5.75 Å². The van der Waals surface area contributed by atoms with Gasteiger partial charge in [0.1, 0.15) is 12.4 Å². The molecule has 6 heteroatoms. The molecular weight excluding hydrogens is 396 g/mol. The molecule has 1 aliphatic heterocycles. The van der Waals surface area contributed by atoms with E-state index in [0.717, 1.165) is 16.3 Å². The van der Waals surface area contributed by atoms with Gasteiger partial charge in [0.25, 0.3) is 5.91 Å². The van der Waals surface area contributed by atoms with E-state index in [-0.39, 0.29) is 11.8 Å². The molecule has 0 radical (unpaired) electrons. The summed E-state index contributed by atoms with van der Waals surface area (Å²) in [7, 11) is 0. The van der Waals surface area contributed by atoms with Gasteiger partial charge in [-0.15, -0.1) is 11.8 Å². The van der Waals surface area contributed by atoms with Crippen molar-refractivity contribution in [1.82, 2.24) is 0 Å². The lowest BCUT2D eigenvalue weighted by Gasteiger charge is -2.29. The first kappa shape index (κ1) is 22.2. The monoisotopic (exact) mass is 426 g/mol. The molecule has 160 valence electrons. The van der Waals surface area contributed by atoms with Gasteiger partial charge in [-0.2, -0.15) is 0 Å². The molecule has 0 bridgehead atoms. The Balaban J connectivity index is 1.90. The lowest BCUT2D eigenvalue weighted by Crippen LogP contribution is -2.43. The summed E-state index contributed by atoms with van der Waals surface area (Å²) in [6, 6.07) is 13.1. The summed E-state index contributed by atoms with van der Waals surface area (Å²) in [4.78, 5) is 28.7. The van der Waals surface area contributed by atoms with Gasteiger partial charge in [-0.25, -0.2) is 0 Å². The van der Waals surface area contributed by atoms with Crippen molar-refractivity contribution in [3.63, 3.8) is 0 Å². The summed E-state index contributed by atoms with van der Waals surface area (Å²) in [5.41, 5.74) is 1.43. The van der Waals surface area contributed by atoms with Crippen molar-refractivity contribution < 1.29 is 14.3 Å². The lowest BCUT2D eigenvalue weighted by atomic mass is 9.92. The zero-order valence-corrected chi connectivity index (χ0v) is 19.1. The molecular formula is C24H30N2O3S. The molecule has 0 aliphatic carbocycles. The number of nitrogens with one attached hydrogen (secondary N) is 1. The topological polar surface area (TPSA) is 58.6 Å². The molecule has 0 unspecified atom stereocenters. The quantitative estimate of drug-likeness (QED) is 0.623. The SMILES string of the molecule is CCSc1ccccc1C(=O)Nc1ccc2c(c1)OCC(C)(C)C(=O)N2CC(C)C. The highest BCUT2D eigenvalue weighted by atomic mass is 32.2. The maximum absolute atomic E-state index is 13.1. The van der Waals surface area contributed by atoms with E-state index in [1.807, 2.05) is 61.2 Å². The maximum atomic E-state index is 13.1. The normalized spacial score (nSPS) is 15.4. The van der Waals surface area contributed by atoms with Crippen LogP contribution < -0.4 is 15.0 Å². The Kier molecular flexibility index (Phi) is 6.76. The van der Waals surface area contributed by atoms with E-state index in [0.29, 0.717) is 36.1 Å². The third-order valence-corrected chi connectivity index (χ3v) is 5.86. The van der Waals surface area contributed by atoms with E-state index in [9.17, 15) is 9.59 Å². The Morgan fingerprint density at radius 2 is 1.97 bits per heavy atom. The summed E-state index contributed by atoms with van der Waals surface area (Å²) in [5.74, 6) is 1.73. The molecule has 0 aromatic heterocycles. The number of carbonyl (C=O) groups excluding carboxylic acids is 2. The summed E-state index contributed by atoms with van der Waals surface area (Å²) in [6.45, 7) is 11.0. The number of amides is 2. The first-order chi connectivity index (χ1) is 14.2. The van der Waals surface area contributed by atoms with Gasteiger partial charge in [-0.05, 0) is 49.8 Å². The van der Waals surface area contributed by atoms with Crippen molar-refractivity contribution in [2.45, 2.75) is 39.5 Å². The third-order valence-electron chi connectivity index (χ3n) is 4.90. The number of benzene rings is 2. The molecule has 30 heavy (non-hydrogen) atoms. The number of hydrogen-bond acceptors (Lipinski definition) is 4. The molecule has 2 aromatic carbocycles. The molecule has 0 fully saturated rings. The number of rotatable bonds is 6. The summed E-state index contributed by atoms with van der Waals surface area (Å²) >= 11 is 1.64. The maximum Gasteiger partial charge on any atom is 0.256 e.